The molecule has 1 unspecified atom stereocenters. The van der Waals surface area contributed by atoms with Crippen LogP contribution in [0.3, 0.4) is 0 Å². The van der Waals surface area contributed by atoms with Crippen LogP contribution in [0.5, 0.6) is 0 Å². The fourth-order valence-corrected chi connectivity index (χ4v) is 10.8. The summed E-state index contributed by atoms with van der Waals surface area (Å²) in [5.74, 6) is -0.854. The Labute approximate surface area is 487 Å². The number of unbranched alkanes of at least 4 members (excludes halogenated alkanes) is 51. The molecule has 0 aromatic heterocycles. The Kier molecular flexibility index (Phi) is 65.6. The van der Waals surface area contributed by atoms with Crippen molar-refractivity contribution in [1.29, 1.82) is 0 Å². The van der Waals surface area contributed by atoms with E-state index in [9.17, 15) is 14.4 Å². The molecule has 0 amide bonds. The van der Waals surface area contributed by atoms with Gasteiger partial charge in [-0.1, -0.05) is 334 Å². The fraction of sp³-hybridized carbons (Fsp3) is 0.903. The zero-order chi connectivity index (χ0) is 56.4. The summed E-state index contributed by atoms with van der Waals surface area (Å²) >= 11 is 0. The summed E-state index contributed by atoms with van der Waals surface area (Å²) in [6.07, 6.45) is 82.1. The van der Waals surface area contributed by atoms with Crippen molar-refractivity contribution in [1.82, 2.24) is 0 Å². The molecule has 0 saturated carbocycles. The van der Waals surface area contributed by atoms with E-state index >= 15 is 0 Å². The first-order valence-electron chi connectivity index (χ1n) is 35.3. The van der Waals surface area contributed by atoms with Gasteiger partial charge in [0.15, 0.2) is 6.10 Å². The van der Waals surface area contributed by atoms with Gasteiger partial charge >= 0.3 is 17.9 Å². The second kappa shape index (κ2) is 67.4. The maximum absolute atomic E-state index is 12.9. The number of esters is 3. The average molecular weight is 1100 g/mol. The number of carbonyl (C=O) groups excluding carboxylic acids is 3. The SMILES string of the molecule is CCCCCCCC/C=C\CCCCCCCCCC(=O)OC(COC(=O)CCCCCCC/C=C\CCCCCCCC)COC(=O)CCCCCCCCCCCCCCCCCCCCCCCCCCCCCC. The van der Waals surface area contributed by atoms with E-state index in [0.717, 1.165) is 64.2 Å². The van der Waals surface area contributed by atoms with Crippen LogP contribution in [0.1, 0.15) is 400 Å². The minimum atomic E-state index is -0.775. The van der Waals surface area contributed by atoms with Gasteiger partial charge in [-0.25, -0.2) is 0 Å². The third-order valence-electron chi connectivity index (χ3n) is 16.2. The van der Waals surface area contributed by atoms with Crippen LogP contribution in [-0.2, 0) is 28.6 Å². The predicted molar refractivity (Wildman–Crippen MR) is 340 cm³/mol. The summed E-state index contributed by atoms with van der Waals surface area (Å²) in [5.41, 5.74) is 0. The molecule has 78 heavy (non-hydrogen) atoms. The van der Waals surface area contributed by atoms with Crippen molar-refractivity contribution in [3.8, 4) is 0 Å². The van der Waals surface area contributed by atoms with E-state index in [2.05, 4.69) is 45.1 Å². The van der Waals surface area contributed by atoms with E-state index in [4.69, 9.17) is 14.2 Å². The first-order valence-corrected chi connectivity index (χ1v) is 35.3. The molecule has 0 aliphatic heterocycles. The van der Waals surface area contributed by atoms with E-state index in [1.54, 1.807) is 0 Å². The second-order valence-electron chi connectivity index (χ2n) is 24.1. The summed E-state index contributed by atoms with van der Waals surface area (Å²) < 4.78 is 17.0. The standard InChI is InChI=1S/C72H136O6/c1-4-7-10-13-16-19-22-25-28-30-31-32-33-34-35-36-37-38-39-40-42-44-47-50-53-56-59-62-65-71(74)77-68-69(67-76-70(73)64-61-58-55-52-49-46-43-27-24-21-18-15-12-9-6-3)78-72(75)66-63-60-57-54-51-48-45-41-29-26-23-20-17-14-11-8-5-2/h26-27,29,43,69H,4-25,28,30-42,44-68H2,1-3H3/b29-26-,43-27-. The summed E-state index contributed by atoms with van der Waals surface area (Å²) in [6, 6.07) is 0. The van der Waals surface area contributed by atoms with Gasteiger partial charge in [0.2, 0.25) is 0 Å². The number of allylic oxidation sites excluding steroid dienone is 4. The van der Waals surface area contributed by atoms with Crippen LogP contribution >= 0.6 is 0 Å². The predicted octanol–water partition coefficient (Wildman–Crippen LogP) is 24.2. The lowest BCUT2D eigenvalue weighted by Crippen LogP contribution is -2.30. The number of rotatable bonds is 66. The highest BCUT2D eigenvalue weighted by Gasteiger charge is 2.19. The van der Waals surface area contributed by atoms with E-state index < -0.39 is 6.10 Å². The molecule has 0 aromatic carbocycles. The summed E-state index contributed by atoms with van der Waals surface area (Å²) in [6.45, 7) is 6.70. The Morgan fingerprint density at radius 3 is 0.641 bits per heavy atom. The Hall–Kier alpha value is -2.11. The molecule has 0 aromatic rings. The van der Waals surface area contributed by atoms with Crippen molar-refractivity contribution in [2.45, 2.75) is 406 Å². The zero-order valence-electron chi connectivity index (χ0n) is 53.0. The molecule has 0 spiro atoms. The highest BCUT2D eigenvalue weighted by Crippen LogP contribution is 2.19. The third-order valence-corrected chi connectivity index (χ3v) is 16.2. The van der Waals surface area contributed by atoms with Crippen molar-refractivity contribution < 1.29 is 28.6 Å². The lowest BCUT2D eigenvalue weighted by molar-refractivity contribution is -0.167. The van der Waals surface area contributed by atoms with E-state index in [0.29, 0.717) is 19.3 Å². The average Bonchev–Trinajstić information content (AvgIpc) is 3.44. The lowest BCUT2D eigenvalue weighted by Gasteiger charge is -2.18. The molecule has 0 fully saturated rings. The highest BCUT2D eigenvalue weighted by atomic mass is 16.6. The molecule has 0 aliphatic rings. The number of carbonyl (C=O) groups is 3. The first kappa shape index (κ1) is 75.9. The molecule has 6 nitrogen and oxygen atoms in total. The van der Waals surface area contributed by atoms with Crippen LogP contribution < -0.4 is 0 Å². The van der Waals surface area contributed by atoms with Gasteiger partial charge in [0, 0.05) is 19.3 Å². The normalized spacial score (nSPS) is 12.1. The van der Waals surface area contributed by atoms with Crippen molar-refractivity contribution >= 4 is 17.9 Å². The third kappa shape index (κ3) is 64.7. The molecule has 0 radical (unpaired) electrons. The number of hydrogen-bond acceptors (Lipinski definition) is 6. The molecule has 0 bridgehead atoms. The molecule has 0 saturated heterocycles. The summed E-state index contributed by atoms with van der Waals surface area (Å²) in [5, 5.41) is 0. The van der Waals surface area contributed by atoms with Crippen LogP contribution in [0.4, 0.5) is 0 Å². The van der Waals surface area contributed by atoms with Gasteiger partial charge in [-0.05, 0) is 70.6 Å². The van der Waals surface area contributed by atoms with Crippen molar-refractivity contribution in [3.63, 3.8) is 0 Å². The van der Waals surface area contributed by atoms with Gasteiger partial charge < -0.3 is 14.2 Å². The van der Waals surface area contributed by atoms with Crippen molar-refractivity contribution in [3.05, 3.63) is 24.3 Å². The van der Waals surface area contributed by atoms with Gasteiger partial charge in [-0.2, -0.15) is 0 Å². The van der Waals surface area contributed by atoms with E-state index in [1.807, 2.05) is 0 Å². The maximum atomic E-state index is 12.9. The molecular weight excluding hydrogens is 961 g/mol. The molecule has 0 rings (SSSR count). The van der Waals surface area contributed by atoms with Crippen LogP contribution in [0.25, 0.3) is 0 Å². The van der Waals surface area contributed by atoms with Crippen molar-refractivity contribution in [2.75, 3.05) is 13.2 Å². The zero-order valence-corrected chi connectivity index (χ0v) is 53.0. The van der Waals surface area contributed by atoms with Gasteiger partial charge in [-0.3, -0.25) is 14.4 Å². The molecule has 0 N–H and O–H groups in total. The number of ether oxygens (including phenoxy) is 3. The summed E-state index contributed by atoms with van der Waals surface area (Å²) in [7, 11) is 0. The molecule has 0 heterocycles. The van der Waals surface area contributed by atoms with Gasteiger partial charge in [0.1, 0.15) is 13.2 Å². The molecule has 1 atom stereocenters. The minimum Gasteiger partial charge on any atom is -0.462 e. The van der Waals surface area contributed by atoms with Gasteiger partial charge in [-0.15, -0.1) is 0 Å². The van der Waals surface area contributed by atoms with Gasteiger partial charge in [0.05, 0.1) is 0 Å². The lowest BCUT2D eigenvalue weighted by atomic mass is 10.0. The van der Waals surface area contributed by atoms with Crippen LogP contribution in [-0.4, -0.2) is 37.2 Å². The van der Waals surface area contributed by atoms with Crippen LogP contribution in [0, 0.1) is 0 Å². The Morgan fingerprint density at radius 1 is 0.244 bits per heavy atom. The monoisotopic (exact) mass is 1100 g/mol. The highest BCUT2D eigenvalue weighted by molar-refractivity contribution is 5.71. The van der Waals surface area contributed by atoms with Crippen molar-refractivity contribution in [2.24, 2.45) is 0 Å². The topological polar surface area (TPSA) is 78.9 Å². The van der Waals surface area contributed by atoms with E-state index in [1.165, 1.54) is 295 Å². The first-order chi connectivity index (χ1) is 38.5. The fourth-order valence-electron chi connectivity index (χ4n) is 10.8. The Balaban J connectivity index is 4.20. The molecule has 460 valence electrons. The maximum Gasteiger partial charge on any atom is 0.306 e. The Bertz CT molecular complexity index is 1260. The van der Waals surface area contributed by atoms with E-state index in [-0.39, 0.29) is 31.1 Å². The minimum absolute atomic E-state index is 0.0704. The Morgan fingerprint density at radius 2 is 0.423 bits per heavy atom. The summed E-state index contributed by atoms with van der Waals surface area (Å²) in [4.78, 5) is 38.4. The van der Waals surface area contributed by atoms with Crippen LogP contribution in [0.2, 0.25) is 0 Å². The molecule has 0 aliphatic carbocycles. The van der Waals surface area contributed by atoms with Gasteiger partial charge in [0.25, 0.3) is 0 Å². The smallest absolute Gasteiger partial charge is 0.306 e. The molecule has 6 heteroatoms. The second-order valence-corrected chi connectivity index (χ2v) is 24.1. The molecular formula is C72H136O6. The van der Waals surface area contributed by atoms with Crippen LogP contribution in [0.15, 0.2) is 24.3 Å². The number of hydrogen-bond donors (Lipinski definition) is 0. The quantitative estimate of drug-likeness (QED) is 0.0261. The largest absolute Gasteiger partial charge is 0.462 e.